The molecule has 7 nitrogen and oxygen atoms in total. The summed E-state index contributed by atoms with van der Waals surface area (Å²) in [5.74, 6) is -1.90. The number of pyridine rings is 1. The average molecular weight is 588 g/mol. The summed E-state index contributed by atoms with van der Waals surface area (Å²) in [6.45, 7) is 4.73. The van der Waals surface area contributed by atoms with Gasteiger partial charge < -0.3 is 0 Å². The van der Waals surface area contributed by atoms with Crippen LogP contribution in [-0.4, -0.2) is 45.2 Å². The van der Waals surface area contributed by atoms with Crippen LogP contribution in [0.15, 0.2) is 36.5 Å². The van der Waals surface area contributed by atoms with Gasteiger partial charge in [-0.2, -0.15) is 18.3 Å². The zero-order chi connectivity index (χ0) is 28.2. The molecule has 38 heavy (non-hydrogen) atoms. The largest absolute Gasteiger partial charge is 0.435 e. The predicted octanol–water partition coefficient (Wildman–Crippen LogP) is 5.72. The van der Waals surface area contributed by atoms with Crippen LogP contribution in [-0.2, 0) is 22.4 Å². The van der Waals surface area contributed by atoms with Crippen LogP contribution in [0, 0.1) is 12.8 Å². The van der Waals surface area contributed by atoms with Gasteiger partial charge in [-0.25, -0.2) is 18.1 Å². The first-order valence-electron chi connectivity index (χ1n) is 11.4. The second-order valence-corrected chi connectivity index (χ2v) is 13.1. The quantitative estimate of drug-likeness (QED) is 0.328. The highest BCUT2D eigenvalue weighted by Crippen LogP contribution is 2.42. The zero-order valence-corrected chi connectivity index (χ0v) is 22.8. The fourth-order valence-corrected chi connectivity index (χ4v) is 6.74. The van der Waals surface area contributed by atoms with E-state index in [2.05, 4.69) is 10.1 Å². The third-order valence-electron chi connectivity index (χ3n) is 6.94. The molecule has 0 bridgehead atoms. The Balaban J connectivity index is 1.72. The van der Waals surface area contributed by atoms with Gasteiger partial charge in [0, 0.05) is 35.7 Å². The van der Waals surface area contributed by atoms with Gasteiger partial charge in [-0.1, -0.05) is 23.2 Å². The molecule has 1 aromatic carbocycles. The maximum Gasteiger partial charge on any atom is 0.435 e. The van der Waals surface area contributed by atoms with Crippen molar-refractivity contribution in [1.29, 1.82) is 0 Å². The summed E-state index contributed by atoms with van der Waals surface area (Å²) in [6, 6.07) is 6.41. The normalized spacial score (nSPS) is 18.2. The number of hydrogen-bond acceptors (Lipinski definition) is 6. The highest BCUT2D eigenvalue weighted by Gasteiger charge is 2.53. The van der Waals surface area contributed by atoms with Gasteiger partial charge in [0.25, 0.3) is 0 Å². The Morgan fingerprint density at radius 2 is 1.84 bits per heavy atom. The fourth-order valence-electron chi connectivity index (χ4n) is 4.39. The van der Waals surface area contributed by atoms with E-state index in [1.807, 2.05) is 0 Å². The number of aryl methyl sites for hydroxylation is 1. The maximum absolute atomic E-state index is 13.5. The van der Waals surface area contributed by atoms with Crippen molar-refractivity contribution in [3.05, 3.63) is 74.7 Å². The van der Waals surface area contributed by atoms with Gasteiger partial charge in [0.05, 0.1) is 15.5 Å². The number of nitrogens with zero attached hydrogens (tertiary/aromatic N) is 3. The summed E-state index contributed by atoms with van der Waals surface area (Å²) in [5, 5.41) is 3.75. The van der Waals surface area contributed by atoms with Crippen molar-refractivity contribution in [2.24, 2.45) is 5.92 Å². The van der Waals surface area contributed by atoms with Crippen LogP contribution in [0.5, 0.6) is 0 Å². The third-order valence-corrected chi connectivity index (χ3v) is 10.2. The van der Waals surface area contributed by atoms with Crippen molar-refractivity contribution in [3.8, 4) is 5.82 Å². The van der Waals surface area contributed by atoms with E-state index in [0.717, 1.165) is 4.68 Å². The van der Waals surface area contributed by atoms with Crippen LogP contribution < -0.4 is 0 Å². The SMILES string of the molecule is Cc1cc(Cl)cc(C(=O)CC2CS(=O)(=O)C2(C)C)c1CC(=O)c1cc(C(F)(F)F)nn1-c1ncccc1Cl. The molecule has 4 rings (SSSR count). The van der Waals surface area contributed by atoms with Crippen LogP contribution in [0.2, 0.25) is 10.0 Å². The molecule has 202 valence electrons. The molecule has 0 spiro atoms. The smallest absolute Gasteiger partial charge is 0.294 e. The van der Waals surface area contributed by atoms with Crippen molar-refractivity contribution in [1.82, 2.24) is 14.8 Å². The van der Waals surface area contributed by atoms with E-state index in [1.54, 1.807) is 20.8 Å². The molecule has 13 heteroatoms. The molecule has 0 saturated carbocycles. The highest BCUT2D eigenvalue weighted by atomic mass is 35.5. The number of Topliss-reactive ketones (excluding diaryl/α,β-unsaturated/α-hetero) is 2. The number of halogens is 5. The summed E-state index contributed by atoms with van der Waals surface area (Å²) in [5.41, 5.74) is -0.857. The molecular formula is C25H22Cl2F3N3O4S. The van der Waals surface area contributed by atoms with E-state index in [9.17, 15) is 31.2 Å². The Labute approximate surface area is 226 Å². The summed E-state index contributed by atoms with van der Waals surface area (Å²) in [6.07, 6.45) is -4.07. The Bertz CT molecular complexity index is 1570. The van der Waals surface area contributed by atoms with Gasteiger partial charge in [0.1, 0.15) is 5.69 Å². The van der Waals surface area contributed by atoms with Crippen LogP contribution in [0.3, 0.4) is 0 Å². The first-order valence-corrected chi connectivity index (χ1v) is 13.8. The van der Waals surface area contributed by atoms with E-state index in [1.165, 1.54) is 30.5 Å². The minimum atomic E-state index is -4.84. The van der Waals surface area contributed by atoms with Gasteiger partial charge in [0.15, 0.2) is 32.9 Å². The van der Waals surface area contributed by atoms with E-state index in [0.29, 0.717) is 11.6 Å². The monoisotopic (exact) mass is 587 g/mol. The van der Waals surface area contributed by atoms with E-state index in [4.69, 9.17) is 23.2 Å². The third kappa shape index (κ3) is 5.11. The van der Waals surface area contributed by atoms with Gasteiger partial charge >= 0.3 is 6.18 Å². The number of sulfone groups is 1. The number of aromatic nitrogens is 3. The Morgan fingerprint density at radius 1 is 1.16 bits per heavy atom. The molecule has 3 aromatic rings. The number of benzene rings is 1. The summed E-state index contributed by atoms with van der Waals surface area (Å²) < 4.78 is 64.4. The topological polar surface area (TPSA) is 99.0 Å². The Kier molecular flexibility index (Phi) is 7.26. The van der Waals surface area contributed by atoms with Crippen molar-refractivity contribution in [2.75, 3.05) is 5.75 Å². The lowest BCUT2D eigenvalue weighted by Gasteiger charge is -2.43. The maximum atomic E-state index is 13.5. The minimum Gasteiger partial charge on any atom is -0.294 e. The van der Waals surface area contributed by atoms with Crippen molar-refractivity contribution in [3.63, 3.8) is 0 Å². The molecule has 3 heterocycles. The van der Waals surface area contributed by atoms with Gasteiger partial charge in [-0.05, 0) is 62.1 Å². The first-order chi connectivity index (χ1) is 17.5. The second-order valence-electron chi connectivity index (χ2n) is 9.69. The molecule has 0 aliphatic carbocycles. The fraction of sp³-hybridized carbons (Fsp3) is 0.360. The van der Waals surface area contributed by atoms with Crippen LogP contribution in [0.1, 0.15) is 57.9 Å². The van der Waals surface area contributed by atoms with Gasteiger partial charge in [-0.15, -0.1) is 0 Å². The second kappa shape index (κ2) is 9.77. The van der Waals surface area contributed by atoms with Crippen LogP contribution in [0.4, 0.5) is 13.2 Å². The van der Waals surface area contributed by atoms with E-state index in [-0.39, 0.29) is 39.2 Å². The molecule has 1 unspecified atom stereocenters. The first kappa shape index (κ1) is 28.3. The molecule has 1 saturated heterocycles. The molecule has 1 aliphatic rings. The molecular weight excluding hydrogens is 566 g/mol. The minimum absolute atomic E-state index is 0.0185. The van der Waals surface area contributed by atoms with Crippen LogP contribution >= 0.6 is 23.2 Å². The number of rotatable bonds is 7. The summed E-state index contributed by atoms with van der Waals surface area (Å²) in [4.78, 5) is 30.7. The molecule has 1 fully saturated rings. The molecule has 0 radical (unpaired) electrons. The summed E-state index contributed by atoms with van der Waals surface area (Å²) >= 11 is 12.3. The standard InChI is InChI=1S/C25H22Cl2F3N3O4S/c1-13-7-15(26)9-17(20(34)8-14-12-38(36,37)24(14,2)3)16(13)10-21(35)19-11-22(25(28,29)30)32-33(19)23-18(27)5-4-6-31-23/h4-7,9,11,14H,8,10,12H2,1-3H3. The number of hydrogen-bond donors (Lipinski definition) is 0. The number of alkyl halides is 3. The number of ketones is 2. The lowest BCUT2D eigenvalue weighted by atomic mass is 9.86. The molecule has 0 N–H and O–H groups in total. The lowest BCUT2D eigenvalue weighted by Crippen LogP contribution is -2.56. The highest BCUT2D eigenvalue weighted by molar-refractivity contribution is 7.94. The molecule has 1 atom stereocenters. The predicted molar refractivity (Wildman–Crippen MR) is 136 cm³/mol. The van der Waals surface area contributed by atoms with Crippen molar-refractivity contribution >= 4 is 44.6 Å². The number of carbonyl (C=O) groups excluding carboxylic acids is 2. The summed E-state index contributed by atoms with van der Waals surface area (Å²) in [7, 11) is -3.31. The lowest BCUT2D eigenvalue weighted by molar-refractivity contribution is -0.141. The van der Waals surface area contributed by atoms with Crippen LogP contribution in [0.25, 0.3) is 5.82 Å². The molecule has 1 aliphatic heterocycles. The number of carbonyl (C=O) groups is 2. The Morgan fingerprint density at radius 3 is 2.42 bits per heavy atom. The van der Waals surface area contributed by atoms with Gasteiger partial charge in [-0.3, -0.25) is 9.59 Å². The Hall–Kier alpha value is -2.76. The van der Waals surface area contributed by atoms with Gasteiger partial charge in [0.2, 0.25) is 0 Å². The van der Waals surface area contributed by atoms with Crippen molar-refractivity contribution in [2.45, 2.75) is 44.5 Å². The zero-order valence-electron chi connectivity index (χ0n) is 20.4. The van der Waals surface area contributed by atoms with Crippen molar-refractivity contribution < 1.29 is 31.2 Å². The average Bonchev–Trinajstić information content (AvgIpc) is 3.26. The molecule has 2 aromatic heterocycles. The van der Waals surface area contributed by atoms with E-state index < -0.39 is 56.1 Å². The van der Waals surface area contributed by atoms with E-state index >= 15 is 0 Å². The molecule has 0 amide bonds.